The monoisotopic (exact) mass is 547 g/mol. The Kier molecular flexibility index (Phi) is 7.38. The Morgan fingerprint density at radius 1 is 1.05 bits per heavy atom. The van der Waals surface area contributed by atoms with Crippen LogP contribution in [-0.4, -0.2) is 24.2 Å². The zero-order chi connectivity index (χ0) is 27.5. The van der Waals surface area contributed by atoms with Crippen LogP contribution in [0.5, 0.6) is 11.5 Å². The number of nitrogens with zero attached hydrogens (tertiary/aromatic N) is 2. The SMILES string of the molecule is COc1cc(/C=c2/sc3n(c2=O)[C@H](c2ccccc2)C(C(=O)Nc2ccccc2)=C(C)N=3)ccc1OC(F)F. The van der Waals surface area contributed by atoms with Crippen molar-refractivity contribution in [3.8, 4) is 11.5 Å². The van der Waals surface area contributed by atoms with Gasteiger partial charge in [-0.15, -0.1) is 0 Å². The zero-order valence-electron chi connectivity index (χ0n) is 20.9. The second-order valence-electron chi connectivity index (χ2n) is 8.60. The molecule has 1 aromatic heterocycles. The quantitative estimate of drug-likeness (QED) is 0.370. The standard InChI is InChI=1S/C29H23F2N3O4S/c1-17-24(26(35)33-20-11-7-4-8-12-20)25(19-9-5-3-6-10-19)34-27(36)23(39-29(34)32-17)16-18-13-14-21(38-28(30)31)22(15-18)37-2/h3-16,25,28H,1-2H3,(H,33,35)/b23-16+/t25-/m1/s1. The van der Waals surface area contributed by atoms with Gasteiger partial charge >= 0.3 is 6.61 Å². The lowest BCUT2D eigenvalue weighted by molar-refractivity contribution is -0.113. The van der Waals surface area contributed by atoms with E-state index in [1.807, 2.05) is 48.5 Å². The molecule has 198 valence electrons. The van der Waals surface area contributed by atoms with Crippen molar-refractivity contribution in [2.24, 2.45) is 4.99 Å². The second-order valence-corrected chi connectivity index (χ2v) is 9.61. The molecular weight excluding hydrogens is 524 g/mol. The molecule has 0 unspecified atom stereocenters. The Labute approximate surface area is 226 Å². The highest BCUT2D eigenvalue weighted by molar-refractivity contribution is 7.07. The Morgan fingerprint density at radius 3 is 2.41 bits per heavy atom. The van der Waals surface area contributed by atoms with E-state index in [0.717, 1.165) is 5.56 Å². The molecule has 7 nitrogen and oxygen atoms in total. The highest BCUT2D eigenvalue weighted by Gasteiger charge is 2.32. The third kappa shape index (κ3) is 5.37. The molecule has 5 rings (SSSR count). The van der Waals surface area contributed by atoms with Gasteiger partial charge in [0.2, 0.25) is 0 Å². The van der Waals surface area contributed by atoms with Crippen molar-refractivity contribution < 1.29 is 23.0 Å². The van der Waals surface area contributed by atoms with Crippen molar-refractivity contribution in [2.45, 2.75) is 19.6 Å². The summed E-state index contributed by atoms with van der Waals surface area (Å²) in [5.74, 6) is -0.362. The minimum atomic E-state index is -3.00. The third-order valence-corrected chi connectivity index (χ3v) is 7.10. The number of rotatable bonds is 7. The number of para-hydroxylation sites is 1. The molecule has 0 aliphatic carbocycles. The zero-order valence-corrected chi connectivity index (χ0v) is 21.7. The number of ether oxygens (including phenoxy) is 2. The van der Waals surface area contributed by atoms with Gasteiger partial charge in [0.25, 0.3) is 11.5 Å². The summed E-state index contributed by atoms with van der Waals surface area (Å²) >= 11 is 1.18. The number of methoxy groups -OCH3 is 1. The number of carbonyl (C=O) groups is 1. The van der Waals surface area contributed by atoms with E-state index in [4.69, 9.17) is 4.74 Å². The molecule has 1 aliphatic heterocycles. The number of anilines is 1. The molecule has 0 saturated heterocycles. The highest BCUT2D eigenvalue weighted by Crippen LogP contribution is 2.31. The first kappa shape index (κ1) is 26.1. The average Bonchev–Trinajstić information content (AvgIpc) is 3.23. The smallest absolute Gasteiger partial charge is 0.387 e. The number of nitrogens with one attached hydrogen (secondary N) is 1. The summed E-state index contributed by atoms with van der Waals surface area (Å²) in [6, 6.07) is 22.1. The maximum atomic E-state index is 13.8. The van der Waals surface area contributed by atoms with Crippen molar-refractivity contribution in [2.75, 3.05) is 12.4 Å². The fraction of sp³-hybridized carbons (Fsp3) is 0.138. The first-order valence-electron chi connectivity index (χ1n) is 11.9. The van der Waals surface area contributed by atoms with Crippen LogP contribution in [0.1, 0.15) is 24.1 Å². The summed E-state index contributed by atoms with van der Waals surface area (Å²) < 4.78 is 37.0. The molecule has 39 heavy (non-hydrogen) atoms. The van der Waals surface area contributed by atoms with Crippen LogP contribution >= 0.6 is 11.3 Å². The first-order chi connectivity index (χ1) is 18.9. The van der Waals surface area contributed by atoms with Crippen LogP contribution in [0.25, 0.3) is 6.08 Å². The topological polar surface area (TPSA) is 81.9 Å². The lowest BCUT2D eigenvalue weighted by Crippen LogP contribution is -2.40. The van der Waals surface area contributed by atoms with Crippen LogP contribution in [0, 0.1) is 0 Å². The number of amides is 1. The number of halogens is 2. The molecule has 4 aromatic rings. The van der Waals surface area contributed by atoms with E-state index < -0.39 is 12.7 Å². The molecule has 10 heteroatoms. The van der Waals surface area contributed by atoms with Crippen molar-refractivity contribution in [3.05, 3.63) is 121 Å². The molecule has 1 N–H and O–H groups in total. The van der Waals surface area contributed by atoms with Crippen molar-refractivity contribution in [3.63, 3.8) is 0 Å². The Hall–Kier alpha value is -4.57. The molecule has 0 bridgehead atoms. The number of allylic oxidation sites excluding steroid dienone is 1. The van der Waals surface area contributed by atoms with E-state index in [0.29, 0.717) is 31.9 Å². The van der Waals surface area contributed by atoms with Gasteiger partial charge in [-0.1, -0.05) is 65.9 Å². The number of benzene rings is 3. The fourth-order valence-corrected chi connectivity index (χ4v) is 5.45. The summed E-state index contributed by atoms with van der Waals surface area (Å²) in [7, 11) is 1.34. The minimum Gasteiger partial charge on any atom is -0.493 e. The van der Waals surface area contributed by atoms with Gasteiger partial charge in [-0.3, -0.25) is 14.2 Å². The number of fused-ring (bicyclic) bond motifs is 1. The largest absolute Gasteiger partial charge is 0.493 e. The molecule has 0 radical (unpaired) electrons. The normalized spacial score (nSPS) is 15.1. The van der Waals surface area contributed by atoms with Gasteiger partial charge < -0.3 is 14.8 Å². The lowest BCUT2D eigenvalue weighted by atomic mass is 9.95. The fourth-order valence-electron chi connectivity index (χ4n) is 4.40. The highest BCUT2D eigenvalue weighted by atomic mass is 32.1. The van der Waals surface area contributed by atoms with Crippen LogP contribution in [0.4, 0.5) is 14.5 Å². The predicted molar refractivity (Wildman–Crippen MR) is 145 cm³/mol. The number of hydrogen-bond acceptors (Lipinski definition) is 6. The van der Waals surface area contributed by atoms with Crippen LogP contribution < -0.4 is 29.7 Å². The molecule has 0 spiro atoms. The van der Waals surface area contributed by atoms with E-state index in [1.165, 1.54) is 35.1 Å². The minimum absolute atomic E-state index is 0.106. The van der Waals surface area contributed by atoms with Crippen LogP contribution in [-0.2, 0) is 4.79 Å². The molecule has 3 aromatic carbocycles. The van der Waals surface area contributed by atoms with Gasteiger partial charge in [-0.2, -0.15) is 8.78 Å². The molecule has 0 saturated carbocycles. The van der Waals surface area contributed by atoms with Crippen molar-refractivity contribution in [1.82, 2.24) is 4.57 Å². The molecule has 0 fully saturated rings. The second kappa shape index (κ2) is 11.0. The summed E-state index contributed by atoms with van der Waals surface area (Å²) in [5.41, 5.74) is 2.46. The summed E-state index contributed by atoms with van der Waals surface area (Å²) in [6.07, 6.45) is 1.63. The van der Waals surface area contributed by atoms with Gasteiger partial charge in [-0.25, -0.2) is 4.99 Å². The summed E-state index contributed by atoms with van der Waals surface area (Å²) in [4.78, 5) is 32.4. The van der Waals surface area contributed by atoms with E-state index in [1.54, 1.807) is 31.2 Å². The Morgan fingerprint density at radius 2 is 1.74 bits per heavy atom. The number of alkyl halides is 2. The molecule has 1 amide bonds. The maximum absolute atomic E-state index is 13.8. The summed E-state index contributed by atoms with van der Waals surface area (Å²) in [5, 5.41) is 2.91. The van der Waals surface area contributed by atoms with Gasteiger partial charge in [0.05, 0.1) is 29.0 Å². The van der Waals surface area contributed by atoms with Gasteiger partial charge in [0.1, 0.15) is 0 Å². The van der Waals surface area contributed by atoms with E-state index in [9.17, 15) is 18.4 Å². The molecule has 2 heterocycles. The average molecular weight is 548 g/mol. The van der Waals surface area contributed by atoms with Crippen molar-refractivity contribution >= 4 is 29.0 Å². The number of hydrogen-bond donors (Lipinski definition) is 1. The number of aromatic nitrogens is 1. The summed E-state index contributed by atoms with van der Waals surface area (Å²) in [6.45, 7) is -1.25. The molecular formula is C29H23F2N3O4S. The Balaban J connectivity index is 1.62. The predicted octanol–water partition coefficient (Wildman–Crippen LogP) is 4.48. The Bertz CT molecular complexity index is 1730. The van der Waals surface area contributed by atoms with Crippen molar-refractivity contribution in [1.29, 1.82) is 0 Å². The van der Waals surface area contributed by atoms with Gasteiger partial charge in [-0.05, 0) is 48.4 Å². The van der Waals surface area contributed by atoms with Gasteiger partial charge in [0.15, 0.2) is 16.3 Å². The van der Waals surface area contributed by atoms with E-state index in [-0.39, 0.29) is 23.0 Å². The molecule has 1 atom stereocenters. The van der Waals surface area contributed by atoms with Crippen LogP contribution in [0.3, 0.4) is 0 Å². The number of thiazole rings is 1. The van der Waals surface area contributed by atoms with E-state index in [2.05, 4.69) is 15.0 Å². The van der Waals surface area contributed by atoms with Crippen LogP contribution in [0.15, 0.2) is 99.9 Å². The maximum Gasteiger partial charge on any atom is 0.387 e. The van der Waals surface area contributed by atoms with Crippen LogP contribution in [0.2, 0.25) is 0 Å². The molecule has 1 aliphatic rings. The lowest BCUT2D eigenvalue weighted by Gasteiger charge is -2.25. The van der Waals surface area contributed by atoms with E-state index >= 15 is 0 Å². The number of carbonyl (C=O) groups excluding carboxylic acids is 1. The first-order valence-corrected chi connectivity index (χ1v) is 12.7. The van der Waals surface area contributed by atoms with Gasteiger partial charge in [0, 0.05) is 5.69 Å². The third-order valence-electron chi connectivity index (χ3n) is 6.11.